The number of aromatic nitrogens is 1. The van der Waals surface area contributed by atoms with E-state index in [0.29, 0.717) is 29.9 Å². The van der Waals surface area contributed by atoms with Crippen LogP contribution in [0.3, 0.4) is 0 Å². The molecule has 2 aliphatic heterocycles. The Morgan fingerprint density at radius 2 is 1.82 bits per heavy atom. The molecule has 2 amide bonds. The van der Waals surface area contributed by atoms with Crippen molar-refractivity contribution in [3.8, 4) is 0 Å². The molecule has 2 aliphatic rings. The summed E-state index contributed by atoms with van der Waals surface area (Å²) in [5.41, 5.74) is 1.60. The summed E-state index contributed by atoms with van der Waals surface area (Å²) in [4.78, 5) is 32.3. The van der Waals surface area contributed by atoms with Gasteiger partial charge >= 0.3 is 0 Å². The standard InChI is InChI=1S/C15H13N3O3S/c19-10-6-17(7-10)15-16-9(8-22-15)5-18-13(20)11-3-1-2-4-12(11)14(18)21/h1-4,8,10,19H,5-7H2. The molecule has 1 aromatic heterocycles. The number of thiazole rings is 1. The van der Waals surface area contributed by atoms with Crippen LogP contribution in [0.1, 0.15) is 26.4 Å². The minimum atomic E-state index is -0.288. The van der Waals surface area contributed by atoms with E-state index in [0.717, 1.165) is 5.13 Å². The molecule has 1 fully saturated rings. The maximum atomic E-state index is 12.3. The largest absolute Gasteiger partial charge is 0.389 e. The minimum absolute atomic E-state index is 0.180. The third-order valence-electron chi connectivity index (χ3n) is 3.87. The molecular formula is C15H13N3O3S. The van der Waals surface area contributed by atoms with E-state index in [1.807, 2.05) is 10.3 Å². The molecule has 6 nitrogen and oxygen atoms in total. The molecule has 0 radical (unpaired) electrons. The van der Waals surface area contributed by atoms with Crippen molar-refractivity contribution in [1.29, 1.82) is 0 Å². The van der Waals surface area contributed by atoms with Gasteiger partial charge in [-0.3, -0.25) is 14.5 Å². The van der Waals surface area contributed by atoms with Crippen LogP contribution < -0.4 is 4.90 Å². The van der Waals surface area contributed by atoms with Crippen LogP contribution in [0.5, 0.6) is 0 Å². The van der Waals surface area contributed by atoms with Gasteiger partial charge in [-0.05, 0) is 12.1 Å². The highest BCUT2D eigenvalue weighted by Gasteiger charge is 2.35. The van der Waals surface area contributed by atoms with E-state index in [4.69, 9.17) is 0 Å². The first-order chi connectivity index (χ1) is 10.6. The average Bonchev–Trinajstić information content (AvgIpc) is 3.04. The number of nitrogens with zero attached hydrogens (tertiary/aromatic N) is 3. The second kappa shape index (κ2) is 4.89. The molecule has 1 N–H and O–H groups in total. The zero-order valence-corrected chi connectivity index (χ0v) is 12.4. The molecule has 22 heavy (non-hydrogen) atoms. The van der Waals surface area contributed by atoms with Crippen molar-refractivity contribution in [2.24, 2.45) is 0 Å². The first kappa shape index (κ1) is 13.4. The zero-order valence-electron chi connectivity index (χ0n) is 11.6. The van der Waals surface area contributed by atoms with Gasteiger partial charge < -0.3 is 10.0 Å². The van der Waals surface area contributed by atoms with Gasteiger partial charge in [-0.15, -0.1) is 11.3 Å². The van der Waals surface area contributed by atoms with Gasteiger partial charge in [0, 0.05) is 18.5 Å². The topological polar surface area (TPSA) is 73.7 Å². The van der Waals surface area contributed by atoms with Crippen molar-refractivity contribution in [3.05, 3.63) is 46.5 Å². The number of carbonyl (C=O) groups is 2. The van der Waals surface area contributed by atoms with E-state index in [1.54, 1.807) is 24.3 Å². The van der Waals surface area contributed by atoms with Gasteiger partial charge in [0.15, 0.2) is 5.13 Å². The second-order valence-corrected chi connectivity index (χ2v) is 6.26. The molecule has 7 heteroatoms. The molecule has 0 saturated carbocycles. The highest BCUT2D eigenvalue weighted by Crippen LogP contribution is 2.28. The normalized spacial score (nSPS) is 17.9. The molecule has 2 aromatic rings. The average molecular weight is 315 g/mol. The Morgan fingerprint density at radius 1 is 1.18 bits per heavy atom. The van der Waals surface area contributed by atoms with Crippen LogP contribution >= 0.6 is 11.3 Å². The molecule has 4 rings (SSSR count). The lowest BCUT2D eigenvalue weighted by Gasteiger charge is -2.35. The second-order valence-electron chi connectivity index (χ2n) is 5.42. The third-order valence-corrected chi connectivity index (χ3v) is 4.82. The molecule has 0 atom stereocenters. The molecule has 0 bridgehead atoms. The van der Waals surface area contributed by atoms with Crippen molar-refractivity contribution in [2.45, 2.75) is 12.6 Å². The number of aliphatic hydroxyl groups excluding tert-OH is 1. The molecule has 112 valence electrons. The molecule has 0 spiro atoms. The zero-order chi connectivity index (χ0) is 15.3. The molecule has 1 aromatic carbocycles. The Balaban J connectivity index is 1.53. The Hall–Kier alpha value is -2.25. The predicted molar refractivity (Wildman–Crippen MR) is 81.0 cm³/mol. The quantitative estimate of drug-likeness (QED) is 0.859. The molecule has 3 heterocycles. The number of rotatable bonds is 3. The van der Waals surface area contributed by atoms with Gasteiger partial charge in [-0.2, -0.15) is 0 Å². The predicted octanol–water partition coefficient (Wildman–Crippen LogP) is 1.12. The van der Waals surface area contributed by atoms with Crippen molar-refractivity contribution < 1.29 is 14.7 Å². The van der Waals surface area contributed by atoms with Crippen molar-refractivity contribution in [2.75, 3.05) is 18.0 Å². The van der Waals surface area contributed by atoms with Gasteiger partial charge in [0.1, 0.15) is 0 Å². The SMILES string of the molecule is O=C1c2ccccc2C(=O)N1Cc1csc(N2CC(O)C2)n1. The number of fused-ring (bicyclic) bond motifs is 1. The minimum Gasteiger partial charge on any atom is -0.389 e. The van der Waals surface area contributed by atoms with Gasteiger partial charge in [-0.25, -0.2) is 4.98 Å². The maximum absolute atomic E-state index is 12.3. The fourth-order valence-electron chi connectivity index (χ4n) is 2.67. The Morgan fingerprint density at radius 3 is 2.41 bits per heavy atom. The van der Waals surface area contributed by atoms with Crippen LogP contribution in [-0.4, -0.2) is 46.0 Å². The first-order valence-corrected chi connectivity index (χ1v) is 7.84. The summed E-state index contributed by atoms with van der Waals surface area (Å²) < 4.78 is 0. The summed E-state index contributed by atoms with van der Waals surface area (Å²) in [5.74, 6) is -0.538. The van der Waals surface area contributed by atoms with Gasteiger partial charge in [-0.1, -0.05) is 12.1 Å². The van der Waals surface area contributed by atoms with Crippen LogP contribution in [0.4, 0.5) is 5.13 Å². The third kappa shape index (κ3) is 2.01. The van der Waals surface area contributed by atoms with E-state index in [-0.39, 0.29) is 24.5 Å². The van der Waals surface area contributed by atoms with Gasteiger partial charge in [0.25, 0.3) is 11.8 Å². The number of hydrogen-bond donors (Lipinski definition) is 1. The van der Waals surface area contributed by atoms with Crippen molar-refractivity contribution in [3.63, 3.8) is 0 Å². The number of anilines is 1. The molecule has 0 aliphatic carbocycles. The number of β-amino-alcohol motifs (C(OH)–C–C–N with tert-alkyl or cyclic N) is 1. The van der Waals surface area contributed by atoms with Crippen molar-refractivity contribution in [1.82, 2.24) is 9.88 Å². The number of imide groups is 1. The van der Waals surface area contributed by atoms with Gasteiger partial charge in [0.2, 0.25) is 0 Å². The number of benzene rings is 1. The maximum Gasteiger partial charge on any atom is 0.261 e. The Kier molecular flexibility index (Phi) is 2.98. The lowest BCUT2D eigenvalue weighted by Crippen LogP contribution is -2.50. The number of aliphatic hydroxyl groups is 1. The summed E-state index contributed by atoms with van der Waals surface area (Å²) in [6.45, 7) is 1.35. The van der Waals surface area contributed by atoms with Crippen LogP contribution in [0.15, 0.2) is 29.6 Å². The fourth-order valence-corrected chi connectivity index (χ4v) is 3.51. The van der Waals surface area contributed by atoms with Crippen LogP contribution in [0.25, 0.3) is 0 Å². The summed E-state index contributed by atoms with van der Waals surface area (Å²) in [6, 6.07) is 6.85. The smallest absolute Gasteiger partial charge is 0.261 e. The fraction of sp³-hybridized carbons (Fsp3) is 0.267. The molecule has 0 unspecified atom stereocenters. The van der Waals surface area contributed by atoms with Gasteiger partial charge in [0.05, 0.1) is 29.5 Å². The summed E-state index contributed by atoms with van der Waals surface area (Å²) in [6.07, 6.45) is -0.288. The van der Waals surface area contributed by atoms with E-state index in [9.17, 15) is 14.7 Å². The van der Waals surface area contributed by atoms with E-state index in [2.05, 4.69) is 4.98 Å². The summed E-state index contributed by atoms with van der Waals surface area (Å²) >= 11 is 1.46. The number of carbonyl (C=O) groups excluding carboxylic acids is 2. The monoisotopic (exact) mass is 315 g/mol. The highest BCUT2D eigenvalue weighted by atomic mass is 32.1. The molecule has 1 saturated heterocycles. The van der Waals surface area contributed by atoms with Crippen LogP contribution in [0, 0.1) is 0 Å². The highest BCUT2D eigenvalue weighted by molar-refractivity contribution is 7.13. The van der Waals surface area contributed by atoms with Crippen LogP contribution in [0.2, 0.25) is 0 Å². The van der Waals surface area contributed by atoms with Crippen molar-refractivity contribution >= 4 is 28.3 Å². The first-order valence-electron chi connectivity index (χ1n) is 6.96. The summed E-state index contributed by atoms with van der Waals surface area (Å²) in [7, 11) is 0. The van der Waals surface area contributed by atoms with E-state index < -0.39 is 0 Å². The molecular weight excluding hydrogens is 302 g/mol. The summed E-state index contributed by atoms with van der Waals surface area (Å²) in [5, 5.41) is 12.0. The van der Waals surface area contributed by atoms with Crippen LogP contribution in [-0.2, 0) is 6.54 Å². The Bertz CT molecular complexity index is 732. The number of hydrogen-bond acceptors (Lipinski definition) is 6. The van der Waals surface area contributed by atoms with E-state index in [1.165, 1.54) is 16.2 Å². The van der Waals surface area contributed by atoms with E-state index >= 15 is 0 Å². The Labute approximate surface area is 130 Å². The lowest BCUT2D eigenvalue weighted by atomic mass is 10.1. The lowest BCUT2D eigenvalue weighted by molar-refractivity contribution is 0.0640. The number of amides is 2.